The van der Waals surface area contributed by atoms with Gasteiger partial charge in [0.1, 0.15) is 0 Å². The number of nitriles is 1. The standard InChI is InChI=1S/C15H19N3O3/c1-15(2,10-16)11-4-6-12(7-5-11)17-14(21)18(3)9-8-13(19)20/h4-7H,8-9H2,1-3H3,(H,17,21)(H,19,20). The molecule has 1 aromatic rings. The number of nitrogens with one attached hydrogen (secondary N) is 1. The minimum absolute atomic E-state index is 0.0980. The summed E-state index contributed by atoms with van der Waals surface area (Å²) in [5, 5.41) is 20.3. The van der Waals surface area contributed by atoms with Gasteiger partial charge in [0.25, 0.3) is 0 Å². The van der Waals surface area contributed by atoms with Crippen molar-refractivity contribution in [1.29, 1.82) is 5.26 Å². The number of carbonyl (C=O) groups is 2. The normalized spacial score (nSPS) is 10.6. The first-order chi connectivity index (χ1) is 9.76. The van der Waals surface area contributed by atoms with Gasteiger partial charge in [0, 0.05) is 19.3 Å². The molecule has 0 aliphatic rings. The van der Waals surface area contributed by atoms with Crippen LogP contribution in [0.1, 0.15) is 25.8 Å². The highest BCUT2D eigenvalue weighted by Gasteiger charge is 2.19. The maximum atomic E-state index is 11.8. The van der Waals surface area contributed by atoms with E-state index in [-0.39, 0.29) is 19.0 Å². The van der Waals surface area contributed by atoms with Gasteiger partial charge in [0.05, 0.1) is 17.9 Å². The summed E-state index contributed by atoms with van der Waals surface area (Å²) < 4.78 is 0. The van der Waals surface area contributed by atoms with Gasteiger partial charge in [-0.1, -0.05) is 12.1 Å². The summed E-state index contributed by atoms with van der Waals surface area (Å²) in [5.41, 5.74) is 0.878. The minimum atomic E-state index is -0.947. The van der Waals surface area contributed by atoms with E-state index < -0.39 is 11.4 Å². The number of amides is 2. The van der Waals surface area contributed by atoms with Crippen molar-refractivity contribution in [3.63, 3.8) is 0 Å². The summed E-state index contributed by atoms with van der Waals surface area (Å²) in [6, 6.07) is 8.86. The Morgan fingerprint density at radius 3 is 2.38 bits per heavy atom. The SMILES string of the molecule is CN(CCC(=O)O)C(=O)Nc1ccc(C(C)(C)C#N)cc1. The molecule has 0 saturated carbocycles. The third-order valence-electron chi connectivity index (χ3n) is 3.15. The summed E-state index contributed by atoms with van der Waals surface area (Å²) in [7, 11) is 1.53. The van der Waals surface area contributed by atoms with Crippen molar-refractivity contribution in [1.82, 2.24) is 4.90 Å². The van der Waals surface area contributed by atoms with Gasteiger partial charge in [-0.05, 0) is 31.5 Å². The highest BCUT2D eigenvalue weighted by Crippen LogP contribution is 2.23. The Morgan fingerprint density at radius 2 is 1.90 bits per heavy atom. The number of urea groups is 1. The van der Waals surface area contributed by atoms with Crippen LogP contribution in [0.15, 0.2) is 24.3 Å². The predicted molar refractivity (Wildman–Crippen MR) is 79.0 cm³/mol. The van der Waals surface area contributed by atoms with Crippen molar-refractivity contribution >= 4 is 17.7 Å². The molecule has 112 valence electrons. The number of hydrogen-bond donors (Lipinski definition) is 2. The Kier molecular flexibility index (Phi) is 5.30. The van der Waals surface area contributed by atoms with Crippen LogP contribution < -0.4 is 5.32 Å². The molecule has 0 heterocycles. The summed E-state index contributed by atoms with van der Waals surface area (Å²) in [6.07, 6.45) is -0.0980. The Labute approximate surface area is 124 Å². The predicted octanol–water partition coefficient (Wildman–Crippen LogP) is 2.43. The van der Waals surface area contributed by atoms with E-state index in [1.165, 1.54) is 11.9 Å². The quantitative estimate of drug-likeness (QED) is 0.870. The molecule has 2 N–H and O–H groups in total. The van der Waals surface area contributed by atoms with Crippen LogP contribution in [-0.2, 0) is 10.2 Å². The number of rotatable bonds is 5. The zero-order valence-electron chi connectivity index (χ0n) is 12.4. The molecule has 0 unspecified atom stereocenters. The van der Waals surface area contributed by atoms with Gasteiger partial charge in [-0.2, -0.15) is 5.26 Å². The third kappa shape index (κ3) is 4.80. The lowest BCUT2D eigenvalue weighted by Gasteiger charge is -2.18. The lowest BCUT2D eigenvalue weighted by Crippen LogP contribution is -2.33. The van der Waals surface area contributed by atoms with E-state index in [0.29, 0.717) is 5.69 Å². The zero-order chi connectivity index (χ0) is 16.0. The number of nitrogens with zero attached hydrogens (tertiary/aromatic N) is 2. The first kappa shape index (κ1) is 16.5. The van der Waals surface area contributed by atoms with Crippen molar-refractivity contribution in [3.8, 4) is 6.07 Å². The minimum Gasteiger partial charge on any atom is -0.481 e. The average molecular weight is 289 g/mol. The van der Waals surface area contributed by atoms with E-state index in [1.54, 1.807) is 24.3 Å². The lowest BCUT2D eigenvalue weighted by atomic mass is 9.86. The van der Waals surface area contributed by atoms with Crippen molar-refractivity contribution in [3.05, 3.63) is 29.8 Å². The second-order valence-electron chi connectivity index (χ2n) is 5.31. The van der Waals surface area contributed by atoms with Crippen molar-refractivity contribution < 1.29 is 14.7 Å². The molecule has 0 aliphatic carbocycles. The second kappa shape index (κ2) is 6.75. The highest BCUT2D eigenvalue weighted by atomic mass is 16.4. The Bertz CT molecular complexity index is 559. The number of aliphatic carboxylic acids is 1. The molecule has 6 nitrogen and oxygen atoms in total. The smallest absolute Gasteiger partial charge is 0.321 e. The van der Waals surface area contributed by atoms with Crippen molar-refractivity contribution in [2.45, 2.75) is 25.7 Å². The van der Waals surface area contributed by atoms with Crippen molar-refractivity contribution in [2.75, 3.05) is 18.9 Å². The van der Waals surface area contributed by atoms with Crippen molar-refractivity contribution in [2.24, 2.45) is 0 Å². The number of carboxylic acids is 1. The monoisotopic (exact) mass is 289 g/mol. The first-order valence-electron chi connectivity index (χ1n) is 6.52. The molecular formula is C15H19N3O3. The van der Waals surface area contributed by atoms with Crippen LogP contribution in [0, 0.1) is 11.3 Å². The van der Waals surface area contributed by atoms with E-state index in [1.807, 2.05) is 13.8 Å². The molecule has 0 atom stereocenters. The van der Waals surface area contributed by atoms with E-state index in [9.17, 15) is 9.59 Å². The molecule has 2 amide bonds. The van der Waals surface area contributed by atoms with Crippen LogP contribution in [0.5, 0.6) is 0 Å². The van der Waals surface area contributed by atoms with E-state index in [4.69, 9.17) is 10.4 Å². The molecule has 6 heteroatoms. The fourth-order valence-electron chi connectivity index (χ4n) is 1.62. The van der Waals surface area contributed by atoms with Gasteiger partial charge in [-0.3, -0.25) is 4.79 Å². The van der Waals surface area contributed by atoms with Crippen LogP contribution >= 0.6 is 0 Å². The number of hydrogen-bond acceptors (Lipinski definition) is 3. The largest absolute Gasteiger partial charge is 0.481 e. The first-order valence-corrected chi connectivity index (χ1v) is 6.52. The molecule has 0 aliphatic heterocycles. The summed E-state index contributed by atoms with van der Waals surface area (Å²) >= 11 is 0. The maximum Gasteiger partial charge on any atom is 0.321 e. The second-order valence-corrected chi connectivity index (χ2v) is 5.31. The molecule has 0 aromatic heterocycles. The van der Waals surface area contributed by atoms with Gasteiger partial charge in [-0.15, -0.1) is 0 Å². The third-order valence-corrected chi connectivity index (χ3v) is 3.15. The summed E-state index contributed by atoms with van der Waals surface area (Å²) in [4.78, 5) is 23.6. The number of carboxylic acid groups (broad SMARTS) is 1. The molecule has 0 radical (unpaired) electrons. The van der Waals surface area contributed by atoms with Crippen LogP contribution in [0.3, 0.4) is 0 Å². The average Bonchev–Trinajstić information content (AvgIpc) is 2.45. The summed E-state index contributed by atoms with van der Waals surface area (Å²) in [6.45, 7) is 3.78. The maximum absolute atomic E-state index is 11.8. The fraction of sp³-hybridized carbons (Fsp3) is 0.400. The van der Waals surface area contributed by atoms with Gasteiger partial charge in [0.15, 0.2) is 0 Å². The van der Waals surface area contributed by atoms with Gasteiger partial charge in [0.2, 0.25) is 0 Å². The molecule has 1 aromatic carbocycles. The number of carbonyl (C=O) groups excluding carboxylic acids is 1. The van der Waals surface area contributed by atoms with Crippen LogP contribution in [0.4, 0.5) is 10.5 Å². The molecule has 0 bridgehead atoms. The molecule has 0 spiro atoms. The van der Waals surface area contributed by atoms with Crippen LogP contribution in [0.2, 0.25) is 0 Å². The molecule has 21 heavy (non-hydrogen) atoms. The highest BCUT2D eigenvalue weighted by molar-refractivity contribution is 5.89. The number of benzene rings is 1. The van der Waals surface area contributed by atoms with Gasteiger partial charge >= 0.3 is 12.0 Å². The Hall–Kier alpha value is -2.55. The van der Waals surface area contributed by atoms with Gasteiger partial charge < -0.3 is 15.3 Å². The van der Waals surface area contributed by atoms with E-state index >= 15 is 0 Å². The van der Waals surface area contributed by atoms with Gasteiger partial charge in [-0.25, -0.2) is 4.79 Å². The van der Waals surface area contributed by atoms with E-state index in [2.05, 4.69) is 11.4 Å². The summed E-state index contributed by atoms with van der Waals surface area (Å²) in [5.74, 6) is -0.947. The van der Waals surface area contributed by atoms with E-state index in [0.717, 1.165) is 5.56 Å². The Balaban J connectivity index is 2.66. The molecule has 0 saturated heterocycles. The fourth-order valence-corrected chi connectivity index (χ4v) is 1.62. The Morgan fingerprint density at radius 1 is 1.33 bits per heavy atom. The van der Waals surface area contributed by atoms with Crippen LogP contribution in [0.25, 0.3) is 0 Å². The van der Waals surface area contributed by atoms with Crippen LogP contribution in [-0.4, -0.2) is 35.6 Å². The lowest BCUT2D eigenvalue weighted by molar-refractivity contribution is -0.137. The zero-order valence-corrected chi connectivity index (χ0v) is 12.4. The topological polar surface area (TPSA) is 93.4 Å². The number of anilines is 1. The molecular weight excluding hydrogens is 270 g/mol. The molecule has 1 rings (SSSR count). The molecule has 0 fully saturated rings.